The Bertz CT molecular complexity index is 599. The molecule has 27 heavy (non-hydrogen) atoms. The van der Waals surface area contributed by atoms with E-state index >= 15 is 0 Å². The van der Waals surface area contributed by atoms with Crippen molar-refractivity contribution in [2.75, 3.05) is 46.5 Å². The Balaban J connectivity index is 1.34. The van der Waals surface area contributed by atoms with Crippen LogP contribution in [0.3, 0.4) is 0 Å². The Labute approximate surface area is 163 Å². The standard InChI is InChI=1S/C22H33N3O2/c1-23-22(24-12-5-15-27-21-10-16-26-17-11-21)25-13-8-20(9-14-25)18-19-6-3-2-4-7-19/h2-4,6-7,18,21H,5,8-17H2,1H3,(H,23,24). The van der Waals surface area contributed by atoms with Gasteiger partial charge in [0.2, 0.25) is 0 Å². The number of ether oxygens (including phenoxy) is 2. The predicted molar refractivity (Wildman–Crippen MR) is 111 cm³/mol. The molecule has 0 bridgehead atoms. The number of hydrogen-bond donors (Lipinski definition) is 1. The number of benzene rings is 1. The first-order chi connectivity index (χ1) is 13.3. The summed E-state index contributed by atoms with van der Waals surface area (Å²) in [4.78, 5) is 6.83. The van der Waals surface area contributed by atoms with E-state index in [1.165, 1.54) is 11.1 Å². The van der Waals surface area contributed by atoms with Gasteiger partial charge in [0.1, 0.15) is 0 Å². The number of nitrogens with one attached hydrogen (secondary N) is 1. The molecule has 0 atom stereocenters. The molecule has 0 unspecified atom stereocenters. The van der Waals surface area contributed by atoms with Crippen LogP contribution >= 0.6 is 0 Å². The molecule has 0 saturated carbocycles. The van der Waals surface area contributed by atoms with Crippen LogP contribution in [0.15, 0.2) is 40.9 Å². The van der Waals surface area contributed by atoms with Crippen LogP contribution in [0.2, 0.25) is 0 Å². The Hall–Kier alpha value is -1.85. The zero-order valence-electron chi connectivity index (χ0n) is 16.5. The first kappa shape index (κ1) is 19.9. The van der Waals surface area contributed by atoms with Gasteiger partial charge in [-0.3, -0.25) is 4.99 Å². The van der Waals surface area contributed by atoms with Crippen molar-refractivity contribution in [2.24, 2.45) is 4.99 Å². The van der Waals surface area contributed by atoms with E-state index in [1.54, 1.807) is 0 Å². The Morgan fingerprint density at radius 3 is 2.67 bits per heavy atom. The molecule has 0 aliphatic carbocycles. The molecule has 2 aliphatic rings. The average Bonchev–Trinajstić information content (AvgIpc) is 2.73. The molecule has 2 aliphatic heterocycles. The van der Waals surface area contributed by atoms with E-state index in [4.69, 9.17) is 9.47 Å². The van der Waals surface area contributed by atoms with E-state index in [9.17, 15) is 0 Å². The summed E-state index contributed by atoms with van der Waals surface area (Å²) in [5.41, 5.74) is 2.82. The normalized spacial score (nSPS) is 19.2. The van der Waals surface area contributed by atoms with Gasteiger partial charge in [-0.15, -0.1) is 0 Å². The fourth-order valence-corrected chi connectivity index (χ4v) is 3.63. The molecule has 2 saturated heterocycles. The van der Waals surface area contributed by atoms with Crippen molar-refractivity contribution in [2.45, 2.75) is 38.2 Å². The molecule has 0 radical (unpaired) electrons. The third-order valence-corrected chi connectivity index (χ3v) is 5.21. The van der Waals surface area contributed by atoms with Crippen LogP contribution in [0.1, 0.15) is 37.7 Å². The van der Waals surface area contributed by atoms with Crippen LogP contribution in [-0.2, 0) is 9.47 Å². The lowest BCUT2D eigenvalue weighted by atomic mass is 10.0. The lowest BCUT2D eigenvalue weighted by Gasteiger charge is -2.31. The van der Waals surface area contributed by atoms with E-state index in [1.807, 2.05) is 7.05 Å². The summed E-state index contributed by atoms with van der Waals surface area (Å²) in [5.74, 6) is 1.01. The van der Waals surface area contributed by atoms with Crippen molar-refractivity contribution in [1.29, 1.82) is 0 Å². The summed E-state index contributed by atoms with van der Waals surface area (Å²) in [6.07, 6.45) is 7.98. The minimum absolute atomic E-state index is 0.384. The number of aliphatic imine (C=N–C) groups is 1. The molecular formula is C22H33N3O2. The lowest BCUT2D eigenvalue weighted by molar-refractivity contribution is -0.0320. The zero-order valence-corrected chi connectivity index (χ0v) is 16.5. The summed E-state index contributed by atoms with van der Waals surface area (Å²) in [6, 6.07) is 10.6. The summed E-state index contributed by atoms with van der Waals surface area (Å²) in [5, 5.41) is 3.49. The largest absolute Gasteiger partial charge is 0.381 e. The van der Waals surface area contributed by atoms with E-state index in [-0.39, 0.29) is 0 Å². The molecule has 0 spiro atoms. The quantitative estimate of drug-likeness (QED) is 0.473. The fourth-order valence-electron chi connectivity index (χ4n) is 3.63. The third-order valence-electron chi connectivity index (χ3n) is 5.21. The Morgan fingerprint density at radius 1 is 1.22 bits per heavy atom. The van der Waals surface area contributed by atoms with Crippen LogP contribution in [0.25, 0.3) is 6.08 Å². The molecule has 5 nitrogen and oxygen atoms in total. The highest BCUT2D eigenvalue weighted by molar-refractivity contribution is 5.80. The topological polar surface area (TPSA) is 46.1 Å². The van der Waals surface area contributed by atoms with Crippen molar-refractivity contribution in [1.82, 2.24) is 10.2 Å². The highest BCUT2D eigenvalue weighted by Gasteiger charge is 2.17. The maximum Gasteiger partial charge on any atom is 0.193 e. The summed E-state index contributed by atoms with van der Waals surface area (Å²) in [6.45, 7) is 5.43. The second kappa shape index (κ2) is 11.1. The zero-order chi connectivity index (χ0) is 18.7. The number of rotatable bonds is 6. The molecule has 2 fully saturated rings. The van der Waals surface area contributed by atoms with Crippen LogP contribution in [-0.4, -0.2) is 63.5 Å². The van der Waals surface area contributed by atoms with Crippen molar-refractivity contribution >= 4 is 12.0 Å². The minimum atomic E-state index is 0.384. The molecule has 3 rings (SSSR count). The van der Waals surface area contributed by atoms with Crippen LogP contribution in [0.5, 0.6) is 0 Å². The van der Waals surface area contributed by atoms with Crippen molar-refractivity contribution in [3.05, 3.63) is 41.5 Å². The molecule has 0 amide bonds. The van der Waals surface area contributed by atoms with Gasteiger partial charge in [0.15, 0.2) is 5.96 Å². The molecule has 0 aromatic heterocycles. The number of likely N-dealkylation sites (tertiary alicyclic amines) is 1. The van der Waals surface area contributed by atoms with E-state index < -0.39 is 0 Å². The molecule has 1 N–H and O–H groups in total. The van der Waals surface area contributed by atoms with Gasteiger partial charge in [-0.2, -0.15) is 0 Å². The van der Waals surface area contributed by atoms with Gasteiger partial charge in [0, 0.05) is 46.5 Å². The van der Waals surface area contributed by atoms with Gasteiger partial charge in [-0.05, 0) is 37.7 Å². The molecule has 5 heteroatoms. The Morgan fingerprint density at radius 2 is 1.96 bits per heavy atom. The monoisotopic (exact) mass is 371 g/mol. The van der Waals surface area contributed by atoms with Crippen LogP contribution in [0, 0.1) is 0 Å². The SMILES string of the molecule is CN=C(NCCCOC1CCOCC1)N1CCC(=Cc2ccccc2)CC1. The number of guanidine groups is 1. The number of piperidine rings is 1. The minimum Gasteiger partial charge on any atom is -0.381 e. The predicted octanol–water partition coefficient (Wildman–Crippen LogP) is 3.33. The van der Waals surface area contributed by atoms with Crippen molar-refractivity contribution < 1.29 is 9.47 Å². The Kier molecular flexibility index (Phi) is 8.18. The molecule has 1 aromatic carbocycles. The van der Waals surface area contributed by atoms with Gasteiger partial charge in [-0.25, -0.2) is 0 Å². The van der Waals surface area contributed by atoms with E-state index in [0.29, 0.717) is 6.10 Å². The molecular weight excluding hydrogens is 338 g/mol. The maximum absolute atomic E-state index is 5.93. The smallest absolute Gasteiger partial charge is 0.193 e. The highest BCUT2D eigenvalue weighted by Crippen LogP contribution is 2.19. The van der Waals surface area contributed by atoms with E-state index in [0.717, 1.165) is 77.5 Å². The highest BCUT2D eigenvalue weighted by atomic mass is 16.5. The number of hydrogen-bond acceptors (Lipinski definition) is 3. The van der Waals surface area contributed by atoms with E-state index in [2.05, 4.69) is 51.6 Å². The molecule has 1 aromatic rings. The molecule has 2 heterocycles. The van der Waals surface area contributed by atoms with Gasteiger partial charge < -0.3 is 19.7 Å². The van der Waals surface area contributed by atoms with Gasteiger partial charge >= 0.3 is 0 Å². The summed E-state index contributed by atoms with van der Waals surface area (Å²) in [7, 11) is 1.87. The first-order valence-corrected chi connectivity index (χ1v) is 10.2. The summed E-state index contributed by atoms with van der Waals surface area (Å²) < 4.78 is 11.3. The van der Waals surface area contributed by atoms with Crippen LogP contribution in [0.4, 0.5) is 0 Å². The molecule has 148 valence electrons. The van der Waals surface area contributed by atoms with Crippen molar-refractivity contribution in [3.8, 4) is 0 Å². The van der Waals surface area contributed by atoms with Crippen molar-refractivity contribution in [3.63, 3.8) is 0 Å². The second-order valence-electron chi connectivity index (χ2n) is 7.21. The average molecular weight is 372 g/mol. The van der Waals surface area contributed by atoms with Crippen LogP contribution < -0.4 is 5.32 Å². The maximum atomic E-state index is 5.93. The lowest BCUT2D eigenvalue weighted by Crippen LogP contribution is -2.44. The van der Waals surface area contributed by atoms with Gasteiger partial charge in [0.25, 0.3) is 0 Å². The number of nitrogens with zero attached hydrogens (tertiary/aromatic N) is 2. The second-order valence-corrected chi connectivity index (χ2v) is 7.21. The fraction of sp³-hybridized carbons (Fsp3) is 0.591. The van der Waals surface area contributed by atoms with Gasteiger partial charge in [-0.1, -0.05) is 42.0 Å². The first-order valence-electron chi connectivity index (χ1n) is 10.2. The van der Waals surface area contributed by atoms with Gasteiger partial charge in [0.05, 0.1) is 6.10 Å². The third kappa shape index (κ3) is 6.67. The summed E-state index contributed by atoms with van der Waals surface area (Å²) >= 11 is 0.